The van der Waals surface area contributed by atoms with Gasteiger partial charge in [-0.1, -0.05) is 38.4 Å². The summed E-state index contributed by atoms with van der Waals surface area (Å²) in [5.74, 6) is 1.27. The lowest BCUT2D eigenvalue weighted by Crippen LogP contribution is -2.21. The molecule has 0 aliphatic heterocycles. The lowest BCUT2D eigenvalue weighted by molar-refractivity contribution is 0.262. The monoisotopic (exact) mass is 398 g/mol. The predicted octanol–water partition coefficient (Wildman–Crippen LogP) is 5.48. The van der Waals surface area contributed by atoms with E-state index in [-0.39, 0.29) is 11.4 Å². The normalized spacial score (nSPS) is 11.2. The molecule has 0 atom stereocenters. The maximum absolute atomic E-state index is 12.5. The van der Waals surface area contributed by atoms with Crippen LogP contribution < -0.4 is 15.4 Å². The molecule has 2 aromatic carbocycles. The average molecular weight is 399 g/mol. The molecule has 0 aliphatic carbocycles. The van der Waals surface area contributed by atoms with E-state index in [1.54, 1.807) is 36.1 Å². The van der Waals surface area contributed by atoms with E-state index in [9.17, 15) is 4.79 Å². The Morgan fingerprint density at radius 3 is 2.43 bits per heavy atom. The van der Waals surface area contributed by atoms with Crippen LogP contribution in [0.2, 0.25) is 5.02 Å². The van der Waals surface area contributed by atoms with Crippen molar-refractivity contribution < 1.29 is 9.53 Å². The van der Waals surface area contributed by atoms with Gasteiger partial charge in [0, 0.05) is 28.3 Å². The molecule has 0 radical (unpaired) electrons. The molecule has 2 amide bonds. The van der Waals surface area contributed by atoms with Crippen LogP contribution >= 0.6 is 11.6 Å². The Morgan fingerprint density at radius 1 is 1.07 bits per heavy atom. The third kappa shape index (κ3) is 4.64. The predicted molar refractivity (Wildman–Crippen MR) is 113 cm³/mol. The van der Waals surface area contributed by atoms with Gasteiger partial charge in [0.25, 0.3) is 0 Å². The molecule has 146 valence electrons. The van der Waals surface area contributed by atoms with E-state index < -0.39 is 0 Å². The maximum Gasteiger partial charge on any atom is 0.324 e. The van der Waals surface area contributed by atoms with Crippen molar-refractivity contribution in [3.8, 4) is 11.4 Å². The molecule has 0 saturated carbocycles. The number of amides is 2. The summed E-state index contributed by atoms with van der Waals surface area (Å²) < 4.78 is 7.01. The standard InChI is InChI=1S/C21H23ClN4O2/c1-21(2,3)18-13-19(24-20(27)23-15-10-8-14(22)9-11-15)26(25-18)16-6-5-7-17(12-16)28-4/h5-13H,1-4H3,(H2,23,24,27). The molecule has 0 unspecified atom stereocenters. The summed E-state index contributed by atoms with van der Waals surface area (Å²) >= 11 is 5.89. The smallest absolute Gasteiger partial charge is 0.324 e. The number of aromatic nitrogens is 2. The topological polar surface area (TPSA) is 68.2 Å². The highest BCUT2D eigenvalue weighted by Gasteiger charge is 2.21. The fourth-order valence-electron chi connectivity index (χ4n) is 2.59. The summed E-state index contributed by atoms with van der Waals surface area (Å²) in [4.78, 5) is 12.5. The Bertz CT molecular complexity index is 975. The van der Waals surface area contributed by atoms with Gasteiger partial charge in [0.2, 0.25) is 0 Å². The van der Waals surface area contributed by atoms with Gasteiger partial charge in [-0.2, -0.15) is 5.10 Å². The number of hydrogen-bond donors (Lipinski definition) is 2. The van der Waals surface area contributed by atoms with Gasteiger partial charge in [-0.05, 0) is 36.4 Å². The number of halogens is 1. The Morgan fingerprint density at radius 2 is 1.79 bits per heavy atom. The van der Waals surface area contributed by atoms with Crippen LogP contribution in [-0.4, -0.2) is 22.9 Å². The van der Waals surface area contributed by atoms with Crippen molar-refractivity contribution in [2.24, 2.45) is 0 Å². The summed E-state index contributed by atoms with van der Waals surface area (Å²) in [7, 11) is 1.61. The summed E-state index contributed by atoms with van der Waals surface area (Å²) in [6, 6.07) is 15.9. The van der Waals surface area contributed by atoms with Crippen LogP contribution in [0.5, 0.6) is 5.75 Å². The Balaban J connectivity index is 1.91. The van der Waals surface area contributed by atoms with E-state index >= 15 is 0 Å². The van der Waals surface area contributed by atoms with Crippen LogP contribution in [-0.2, 0) is 5.41 Å². The van der Waals surface area contributed by atoms with Gasteiger partial charge in [0.1, 0.15) is 11.6 Å². The number of ether oxygens (including phenoxy) is 1. The minimum absolute atomic E-state index is 0.173. The van der Waals surface area contributed by atoms with Crippen molar-refractivity contribution in [1.82, 2.24) is 9.78 Å². The van der Waals surface area contributed by atoms with Crippen molar-refractivity contribution in [3.63, 3.8) is 0 Å². The van der Waals surface area contributed by atoms with E-state index in [1.165, 1.54) is 0 Å². The second kappa shape index (κ2) is 7.94. The van der Waals surface area contributed by atoms with Gasteiger partial charge in [0.15, 0.2) is 0 Å². The van der Waals surface area contributed by atoms with Crippen molar-refractivity contribution in [3.05, 3.63) is 65.3 Å². The summed E-state index contributed by atoms with van der Waals surface area (Å²) in [5.41, 5.74) is 2.12. The number of benzene rings is 2. The Labute approximate surface area is 169 Å². The average Bonchev–Trinajstić information content (AvgIpc) is 3.08. The van der Waals surface area contributed by atoms with Gasteiger partial charge >= 0.3 is 6.03 Å². The zero-order valence-corrected chi connectivity index (χ0v) is 17.0. The third-order valence-corrected chi connectivity index (χ3v) is 4.37. The highest BCUT2D eigenvalue weighted by atomic mass is 35.5. The minimum Gasteiger partial charge on any atom is -0.497 e. The number of urea groups is 1. The van der Waals surface area contributed by atoms with Crippen LogP contribution in [0.1, 0.15) is 26.5 Å². The third-order valence-electron chi connectivity index (χ3n) is 4.12. The largest absolute Gasteiger partial charge is 0.497 e. The second-order valence-corrected chi connectivity index (χ2v) is 7.80. The van der Waals surface area contributed by atoms with Crippen molar-refractivity contribution >= 4 is 29.1 Å². The van der Waals surface area contributed by atoms with Gasteiger partial charge in [-0.25, -0.2) is 9.48 Å². The quantitative estimate of drug-likeness (QED) is 0.611. The summed E-state index contributed by atoms with van der Waals surface area (Å²) in [6.07, 6.45) is 0. The van der Waals surface area contributed by atoms with Gasteiger partial charge < -0.3 is 10.1 Å². The summed E-state index contributed by atoms with van der Waals surface area (Å²) in [5, 5.41) is 11.0. The molecular weight excluding hydrogens is 376 g/mol. The maximum atomic E-state index is 12.5. The zero-order chi connectivity index (χ0) is 20.3. The zero-order valence-electron chi connectivity index (χ0n) is 16.3. The fourth-order valence-corrected chi connectivity index (χ4v) is 2.71. The molecular formula is C21H23ClN4O2. The number of rotatable bonds is 4. The SMILES string of the molecule is COc1cccc(-n2nc(C(C)(C)C)cc2NC(=O)Nc2ccc(Cl)cc2)c1. The first-order chi connectivity index (χ1) is 13.3. The number of carbonyl (C=O) groups is 1. The number of carbonyl (C=O) groups excluding carboxylic acids is 1. The first-order valence-electron chi connectivity index (χ1n) is 8.85. The molecule has 2 N–H and O–H groups in total. The van der Waals surface area contributed by atoms with E-state index in [1.807, 2.05) is 30.3 Å². The molecule has 1 heterocycles. The Kier molecular flexibility index (Phi) is 5.61. The minimum atomic E-state index is -0.369. The van der Waals surface area contributed by atoms with E-state index in [0.717, 1.165) is 11.4 Å². The summed E-state index contributed by atoms with van der Waals surface area (Å²) in [6.45, 7) is 6.22. The molecule has 6 nitrogen and oxygen atoms in total. The highest BCUT2D eigenvalue weighted by Crippen LogP contribution is 2.27. The van der Waals surface area contributed by atoms with Crippen molar-refractivity contribution in [2.45, 2.75) is 26.2 Å². The first kappa shape index (κ1) is 19.8. The van der Waals surface area contributed by atoms with E-state index in [0.29, 0.717) is 22.3 Å². The number of hydrogen-bond acceptors (Lipinski definition) is 3. The molecule has 0 spiro atoms. The fraction of sp³-hybridized carbons (Fsp3) is 0.238. The first-order valence-corrected chi connectivity index (χ1v) is 9.22. The molecule has 0 fully saturated rings. The number of nitrogens with zero attached hydrogens (tertiary/aromatic N) is 2. The van der Waals surface area contributed by atoms with Gasteiger partial charge in [-0.15, -0.1) is 0 Å². The lowest BCUT2D eigenvalue weighted by atomic mass is 9.92. The van der Waals surface area contributed by atoms with Crippen LogP contribution in [0.15, 0.2) is 54.6 Å². The van der Waals surface area contributed by atoms with Crippen LogP contribution in [0.25, 0.3) is 5.69 Å². The molecule has 3 aromatic rings. The number of nitrogens with one attached hydrogen (secondary N) is 2. The second-order valence-electron chi connectivity index (χ2n) is 7.36. The molecule has 0 bridgehead atoms. The highest BCUT2D eigenvalue weighted by molar-refractivity contribution is 6.30. The number of methoxy groups -OCH3 is 1. The molecule has 0 aliphatic rings. The van der Waals surface area contributed by atoms with Gasteiger partial charge in [-0.3, -0.25) is 5.32 Å². The van der Waals surface area contributed by atoms with E-state index in [4.69, 9.17) is 21.4 Å². The number of anilines is 2. The Hall–Kier alpha value is -2.99. The van der Waals surface area contributed by atoms with Crippen LogP contribution in [0, 0.1) is 0 Å². The van der Waals surface area contributed by atoms with E-state index in [2.05, 4.69) is 31.4 Å². The van der Waals surface area contributed by atoms with Crippen molar-refractivity contribution in [2.75, 3.05) is 17.7 Å². The lowest BCUT2D eigenvalue weighted by Gasteiger charge is -2.14. The van der Waals surface area contributed by atoms with Crippen LogP contribution in [0.3, 0.4) is 0 Å². The molecule has 3 rings (SSSR count). The van der Waals surface area contributed by atoms with Crippen LogP contribution in [0.4, 0.5) is 16.3 Å². The van der Waals surface area contributed by atoms with Crippen molar-refractivity contribution in [1.29, 1.82) is 0 Å². The molecule has 7 heteroatoms. The molecule has 0 saturated heterocycles. The van der Waals surface area contributed by atoms with Gasteiger partial charge in [0.05, 0.1) is 18.5 Å². The molecule has 28 heavy (non-hydrogen) atoms. The molecule has 1 aromatic heterocycles.